The number of aliphatic hydroxyl groups excluding tert-OH is 1. The van der Waals surface area contributed by atoms with Gasteiger partial charge >= 0.3 is 5.97 Å². The zero-order chi connectivity index (χ0) is 15.6. The summed E-state index contributed by atoms with van der Waals surface area (Å²) in [6.07, 6.45) is 0.893. The summed E-state index contributed by atoms with van der Waals surface area (Å²) in [6.45, 7) is 4.02. The maximum atomic E-state index is 12.2. The molecule has 2 heterocycles. The molecule has 0 radical (unpaired) electrons. The molecular formula is C12H18N4O4S. The second-order valence-corrected chi connectivity index (χ2v) is 6.14. The molecular weight excluding hydrogens is 296 g/mol. The molecule has 0 bridgehead atoms. The lowest BCUT2D eigenvalue weighted by Crippen LogP contribution is -2.41. The minimum absolute atomic E-state index is 0.0627. The Bertz CT molecular complexity index is 533. The first kappa shape index (κ1) is 15.8. The molecule has 9 heteroatoms. The van der Waals surface area contributed by atoms with Crippen molar-refractivity contribution in [1.29, 1.82) is 0 Å². The van der Waals surface area contributed by atoms with E-state index in [0.717, 1.165) is 0 Å². The monoisotopic (exact) mass is 314 g/mol. The first-order valence-corrected chi connectivity index (χ1v) is 7.61. The predicted octanol–water partition coefficient (Wildman–Crippen LogP) is -0.00250. The molecule has 1 saturated heterocycles. The summed E-state index contributed by atoms with van der Waals surface area (Å²) in [5, 5.41) is 27.0. The fraction of sp³-hybridized carbons (Fsp3) is 0.667. The van der Waals surface area contributed by atoms with Crippen molar-refractivity contribution < 1.29 is 19.8 Å². The van der Waals surface area contributed by atoms with Crippen LogP contribution in [0.15, 0.2) is 11.5 Å². The first-order valence-electron chi connectivity index (χ1n) is 6.62. The van der Waals surface area contributed by atoms with Crippen LogP contribution in [-0.2, 0) is 9.59 Å². The third-order valence-corrected chi connectivity index (χ3v) is 4.25. The number of carboxylic acid groups (broad SMARTS) is 1. The van der Waals surface area contributed by atoms with E-state index in [1.54, 1.807) is 6.33 Å². The van der Waals surface area contributed by atoms with Gasteiger partial charge in [-0.1, -0.05) is 11.8 Å². The molecule has 0 aromatic carbocycles. The van der Waals surface area contributed by atoms with E-state index in [-0.39, 0.29) is 30.7 Å². The molecule has 116 valence electrons. The van der Waals surface area contributed by atoms with Gasteiger partial charge in [0, 0.05) is 19.0 Å². The highest BCUT2D eigenvalue weighted by molar-refractivity contribution is 7.99. The zero-order valence-corrected chi connectivity index (χ0v) is 12.7. The van der Waals surface area contributed by atoms with Crippen molar-refractivity contribution in [2.45, 2.75) is 43.6 Å². The fourth-order valence-electron chi connectivity index (χ4n) is 2.22. The van der Waals surface area contributed by atoms with Crippen molar-refractivity contribution in [3.63, 3.8) is 0 Å². The molecule has 1 aliphatic rings. The molecule has 1 aliphatic heterocycles. The minimum atomic E-state index is -1.09. The van der Waals surface area contributed by atoms with Gasteiger partial charge in [-0.3, -0.25) is 4.79 Å². The van der Waals surface area contributed by atoms with Crippen molar-refractivity contribution >= 4 is 23.6 Å². The maximum Gasteiger partial charge on any atom is 0.326 e. The van der Waals surface area contributed by atoms with Crippen LogP contribution >= 0.6 is 11.8 Å². The van der Waals surface area contributed by atoms with Crippen molar-refractivity contribution in [3.8, 4) is 0 Å². The van der Waals surface area contributed by atoms with Gasteiger partial charge in [0.25, 0.3) is 0 Å². The van der Waals surface area contributed by atoms with E-state index in [4.69, 9.17) is 5.11 Å². The average molecular weight is 314 g/mol. The van der Waals surface area contributed by atoms with Gasteiger partial charge in [0.15, 0.2) is 5.16 Å². The Morgan fingerprint density at radius 1 is 1.52 bits per heavy atom. The van der Waals surface area contributed by atoms with E-state index in [9.17, 15) is 14.7 Å². The van der Waals surface area contributed by atoms with Crippen molar-refractivity contribution in [2.75, 3.05) is 12.3 Å². The number of thioether (sulfide) groups is 1. The topological polar surface area (TPSA) is 109 Å². The lowest BCUT2D eigenvalue weighted by molar-refractivity contribution is -0.147. The first-order chi connectivity index (χ1) is 9.90. The number of aromatic nitrogens is 3. The van der Waals surface area contributed by atoms with Gasteiger partial charge in [-0.05, 0) is 13.8 Å². The highest BCUT2D eigenvalue weighted by atomic mass is 32.2. The van der Waals surface area contributed by atoms with E-state index >= 15 is 0 Å². The predicted molar refractivity (Wildman–Crippen MR) is 74.9 cm³/mol. The molecule has 1 amide bonds. The standard InChI is InChI=1S/C12H18N4O4S/c1-7(2)16-6-13-14-12(16)21-5-10(18)15-4-8(17)3-9(15)11(19)20/h6-9,17H,3-5H2,1-2H3,(H,19,20). The third kappa shape index (κ3) is 3.53. The molecule has 2 rings (SSSR count). The molecule has 0 saturated carbocycles. The second-order valence-electron chi connectivity index (χ2n) is 5.19. The highest BCUT2D eigenvalue weighted by Crippen LogP contribution is 2.23. The Hall–Kier alpha value is -1.61. The highest BCUT2D eigenvalue weighted by Gasteiger charge is 2.38. The minimum Gasteiger partial charge on any atom is -0.480 e. The number of carboxylic acids is 1. The van der Waals surface area contributed by atoms with Crippen LogP contribution < -0.4 is 0 Å². The Kier molecular flexibility index (Phi) is 4.84. The van der Waals surface area contributed by atoms with Gasteiger partial charge < -0.3 is 19.7 Å². The molecule has 2 N–H and O–H groups in total. The Balaban J connectivity index is 1.98. The largest absolute Gasteiger partial charge is 0.480 e. The van der Waals surface area contributed by atoms with Crippen molar-refractivity contribution in [1.82, 2.24) is 19.7 Å². The number of rotatable bonds is 5. The Morgan fingerprint density at radius 3 is 2.86 bits per heavy atom. The number of likely N-dealkylation sites (tertiary alicyclic amines) is 1. The van der Waals surface area contributed by atoms with Crippen molar-refractivity contribution in [2.24, 2.45) is 0 Å². The summed E-state index contributed by atoms with van der Waals surface area (Å²) >= 11 is 1.22. The normalized spacial score (nSPS) is 22.0. The molecule has 2 atom stereocenters. The van der Waals surface area contributed by atoms with Gasteiger partial charge in [-0.25, -0.2) is 4.79 Å². The SMILES string of the molecule is CC(C)n1cnnc1SCC(=O)N1CC(O)CC1C(=O)O. The zero-order valence-electron chi connectivity index (χ0n) is 11.8. The number of hydrogen-bond donors (Lipinski definition) is 2. The van der Waals surface area contributed by atoms with Gasteiger partial charge in [0.1, 0.15) is 12.4 Å². The third-order valence-electron chi connectivity index (χ3n) is 3.31. The summed E-state index contributed by atoms with van der Waals surface area (Å²) < 4.78 is 1.84. The molecule has 1 aromatic heterocycles. The lowest BCUT2D eigenvalue weighted by Gasteiger charge is -2.20. The number of amides is 1. The van der Waals surface area contributed by atoms with Crippen LogP contribution in [0.2, 0.25) is 0 Å². The molecule has 2 unspecified atom stereocenters. The van der Waals surface area contributed by atoms with Crippen LogP contribution in [0.3, 0.4) is 0 Å². The van der Waals surface area contributed by atoms with Crippen molar-refractivity contribution in [3.05, 3.63) is 6.33 Å². The number of carbonyl (C=O) groups is 2. The molecule has 0 spiro atoms. The summed E-state index contributed by atoms with van der Waals surface area (Å²) in [4.78, 5) is 24.5. The van der Waals surface area contributed by atoms with Crippen LogP contribution in [0.1, 0.15) is 26.3 Å². The van der Waals surface area contributed by atoms with Crippen LogP contribution in [0.4, 0.5) is 0 Å². The van der Waals surface area contributed by atoms with E-state index < -0.39 is 18.1 Å². The van der Waals surface area contributed by atoms with Gasteiger partial charge in [-0.2, -0.15) is 0 Å². The van der Waals surface area contributed by atoms with Crippen LogP contribution in [0.5, 0.6) is 0 Å². The van der Waals surface area contributed by atoms with Gasteiger partial charge in [0.2, 0.25) is 5.91 Å². The van der Waals surface area contributed by atoms with Crippen LogP contribution in [0.25, 0.3) is 0 Å². The number of aliphatic carboxylic acids is 1. The smallest absolute Gasteiger partial charge is 0.326 e. The van der Waals surface area contributed by atoms with E-state index in [1.165, 1.54) is 16.7 Å². The quantitative estimate of drug-likeness (QED) is 0.736. The second kappa shape index (κ2) is 6.44. The van der Waals surface area contributed by atoms with Crippen LogP contribution in [-0.4, -0.2) is 66.2 Å². The summed E-state index contributed by atoms with van der Waals surface area (Å²) in [7, 11) is 0. The molecule has 8 nitrogen and oxygen atoms in total. The summed E-state index contributed by atoms with van der Waals surface area (Å²) in [5.41, 5.74) is 0. The van der Waals surface area contributed by atoms with E-state index in [2.05, 4.69) is 10.2 Å². The number of aliphatic hydroxyl groups is 1. The number of β-amino-alcohol motifs (C(OH)–C–C–N with tert-alkyl or cyclic N) is 1. The van der Waals surface area contributed by atoms with Gasteiger partial charge in [-0.15, -0.1) is 10.2 Å². The van der Waals surface area contributed by atoms with E-state index in [1.807, 2.05) is 18.4 Å². The number of nitrogens with zero attached hydrogens (tertiary/aromatic N) is 4. The number of hydrogen-bond acceptors (Lipinski definition) is 6. The summed E-state index contributed by atoms with van der Waals surface area (Å²) in [5.74, 6) is -1.33. The number of carbonyl (C=O) groups excluding carboxylic acids is 1. The lowest BCUT2D eigenvalue weighted by atomic mass is 10.2. The Labute approximate surface area is 126 Å². The summed E-state index contributed by atoms with van der Waals surface area (Å²) in [6, 6.07) is -0.769. The average Bonchev–Trinajstić information content (AvgIpc) is 3.01. The maximum absolute atomic E-state index is 12.2. The van der Waals surface area contributed by atoms with Gasteiger partial charge in [0.05, 0.1) is 11.9 Å². The molecule has 21 heavy (non-hydrogen) atoms. The van der Waals surface area contributed by atoms with E-state index in [0.29, 0.717) is 5.16 Å². The van der Waals surface area contributed by atoms with Crippen LogP contribution in [0, 0.1) is 0 Å². The Morgan fingerprint density at radius 2 is 2.24 bits per heavy atom. The molecule has 1 fully saturated rings. The fourth-order valence-corrected chi connectivity index (χ4v) is 3.15. The molecule has 0 aliphatic carbocycles. The molecule has 1 aromatic rings.